The van der Waals surface area contributed by atoms with Crippen molar-refractivity contribution in [3.05, 3.63) is 42.0 Å². The van der Waals surface area contributed by atoms with E-state index in [-0.39, 0.29) is 6.04 Å². The van der Waals surface area contributed by atoms with Gasteiger partial charge in [0.05, 0.1) is 7.11 Å². The smallest absolute Gasteiger partial charge is 0.119 e. The quantitative estimate of drug-likeness (QED) is 0.562. The Bertz CT molecular complexity index is 350. The first kappa shape index (κ1) is 13.7. The van der Waals surface area contributed by atoms with Gasteiger partial charge in [0.25, 0.3) is 0 Å². The molecule has 0 spiro atoms. The summed E-state index contributed by atoms with van der Waals surface area (Å²) in [6.07, 6.45) is 5.23. The number of methoxy groups -OCH3 is 1. The van der Waals surface area contributed by atoms with Crippen LogP contribution in [0.2, 0.25) is 0 Å². The molecule has 0 aliphatic heterocycles. The second-order valence-electron chi connectivity index (χ2n) is 3.88. The molecular weight excluding hydrogens is 212 g/mol. The van der Waals surface area contributed by atoms with Gasteiger partial charge in [-0.15, -0.1) is 0 Å². The van der Waals surface area contributed by atoms with E-state index in [0.29, 0.717) is 6.54 Å². The molecule has 1 atom stereocenters. The summed E-state index contributed by atoms with van der Waals surface area (Å²) < 4.78 is 5.21. The summed E-state index contributed by atoms with van der Waals surface area (Å²) in [7, 11) is 1.68. The van der Waals surface area contributed by atoms with Crippen molar-refractivity contribution in [2.45, 2.75) is 19.4 Å². The van der Waals surface area contributed by atoms with E-state index in [0.717, 1.165) is 18.7 Å². The standard InChI is InChI=1S/C14H22N2O/c1-3-4-5-9-16-14(11-15)12-7-6-8-13(10-12)17-2/h3-4,6-8,10,14,16H,5,9,11,15H2,1-2H3/b4-3+. The van der Waals surface area contributed by atoms with E-state index >= 15 is 0 Å². The second-order valence-corrected chi connectivity index (χ2v) is 3.88. The monoisotopic (exact) mass is 234 g/mol. The Morgan fingerprint density at radius 3 is 2.94 bits per heavy atom. The number of nitrogens with one attached hydrogen (secondary N) is 1. The van der Waals surface area contributed by atoms with Crippen molar-refractivity contribution in [2.24, 2.45) is 5.73 Å². The topological polar surface area (TPSA) is 47.3 Å². The minimum absolute atomic E-state index is 0.190. The molecule has 0 bridgehead atoms. The number of ether oxygens (including phenoxy) is 1. The molecule has 0 fully saturated rings. The molecule has 3 N–H and O–H groups in total. The average molecular weight is 234 g/mol. The lowest BCUT2D eigenvalue weighted by molar-refractivity contribution is 0.413. The molecular formula is C14H22N2O. The van der Waals surface area contributed by atoms with Crippen molar-refractivity contribution in [3.63, 3.8) is 0 Å². The second kappa shape index (κ2) is 7.87. The molecule has 0 amide bonds. The van der Waals surface area contributed by atoms with Crippen molar-refractivity contribution in [3.8, 4) is 5.75 Å². The maximum absolute atomic E-state index is 5.79. The van der Waals surface area contributed by atoms with Crippen LogP contribution in [0.25, 0.3) is 0 Å². The van der Waals surface area contributed by atoms with E-state index in [1.165, 1.54) is 5.56 Å². The lowest BCUT2D eigenvalue weighted by Crippen LogP contribution is -2.28. The Morgan fingerprint density at radius 2 is 2.29 bits per heavy atom. The molecule has 0 radical (unpaired) electrons. The van der Waals surface area contributed by atoms with Gasteiger partial charge < -0.3 is 15.8 Å². The number of benzene rings is 1. The van der Waals surface area contributed by atoms with Crippen LogP contribution in [0, 0.1) is 0 Å². The van der Waals surface area contributed by atoms with Crippen molar-refractivity contribution in [2.75, 3.05) is 20.2 Å². The predicted octanol–water partition coefficient (Wildman–Crippen LogP) is 2.25. The maximum Gasteiger partial charge on any atom is 0.119 e. The van der Waals surface area contributed by atoms with Gasteiger partial charge in [0.15, 0.2) is 0 Å². The zero-order chi connectivity index (χ0) is 12.5. The van der Waals surface area contributed by atoms with Gasteiger partial charge in [-0.3, -0.25) is 0 Å². The Balaban J connectivity index is 2.58. The fourth-order valence-corrected chi connectivity index (χ4v) is 1.70. The minimum atomic E-state index is 0.190. The third kappa shape index (κ3) is 4.59. The summed E-state index contributed by atoms with van der Waals surface area (Å²) in [6, 6.07) is 8.22. The molecule has 0 aromatic heterocycles. The predicted molar refractivity (Wildman–Crippen MR) is 72.2 cm³/mol. The van der Waals surface area contributed by atoms with E-state index in [2.05, 4.69) is 23.5 Å². The van der Waals surface area contributed by atoms with Crippen LogP contribution in [0.3, 0.4) is 0 Å². The first-order chi connectivity index (χ1) is 8.31. The number of nitrogens with two attached hydrogens (primary N) is 1. The zero-order valence-corrected chi connectivity index (χ0v) is 10.6. The Kier molecular flexibility index (Phi) is 6.37. The van der Waals surface area contributed by atoms with Gasteiger partial charge in [0.1, 0.15) is 5.75 Å². The molecule has 94 valence electrons. The summed E-state index contributed by atoms with van der Waals surface area (Å²) in [5, 5.41) is 3.44. The number of allylic oxidation sites excluding steroid dienone is 1. The summed E-state index contributed by atoms with van der Waals surface area (Å²) in [5.41, 5.74) is 6.96. The van der Waals surface area contributed by atoms with Crippen LogP contribution in [-0.4, -0.2) is 20.2 Å². The molecule has 3 heteroatoms. The Hall–Kier alpha value is -1.32. The van der Waals surface area contributed by atoms with Crippen LogP contribution < -0.4 is 15.8 Å². The van der Waals surface area contributed by atoms with Gasteiger partial charge in [-0.25, -0.2) is 0 Å². The lowest BCUT2D eigenvalue weighted by atomic mass is 10.1. The average Bonchev–Trinajstić information content (AvgIpc) is 2.39. The zero-order valence-electron chi connectivity index (χ0n) is 10.6. The maximum atomic E-state index is 5.79. The number of rotatable bonds is 7. The molecule has 1 aromatic rings. The SMILES string of the molecule is C/C=C/CCNC(CN)c1cccc(OC)c1. The van der Waals surface area contributed by atoms with Crippen molar-refractivity contribution >= 4 is 0 Å². The summed E-state index contributed by atoms with van der Waals surface area (Å²) in [5.74, 6) is 0.871. The number of hydrogen-bond acceptors (Lipinski definition) is 3. The highest BCUT2D eigenvalue weighted by Crippen LogP contribution is 2.18. The summed E-state index contributed by atoms with van der Waals surface area (Å²) in [6.45, 7) is 3.55. The molecule has 3 nitrogen and oxygen atoms in total. The van der Waals surface area contributed by atoms with Crippen LogP contribution in [0.15, 0.2) is 36.4 Å². The third-order valence-corrected chi connectivity index (χ3v) is 2.67. The first-order valence-corrected chi connectivity index (χ1v) is 6.00. The first-order valence-electron chi connectivity index (χ1n) is 6.00. The Labute approximate surface area is 104 Å². The van der Waals surface area contributed by atoms with Crippen molar-refractivity contribution < 1.29 is 4.74 Å². The van der Waals surface area contributed by atoms with E-state index < -0.39 is 0 Å². The van der Waals surface area contributed by atoms with Gasteiger partial charge in [-0.05, 0) is 37.6 Å². The molecule has 0 aliphatic carbocycles. The van der Waals surface area contributed by atoms with Crippen LogP contribution in [0.4, 0.5) is 0 Å². The van der Waals surface area contributed by atoms with E-state index in [1.807, 2.05) is 25.1 Å². The summed E-state index contributed by atoms with van der Waals surface area (Å²) >= 11 is 0. The fraction of sp³-hybridized carbons (Fsp3) is 0.429. The van der Waals surface area contributed by atoms with E-state index in [9.17, 15) is 0 Å². The van der Waals surface area contributed by atoms with E-state index in [4.69, 9.17) is 10.5 Å². The third-order valence-electron chi connectivity index (χ3n) is 2.67. The molecule has 17 heavy (non-hydrogen) atoms. The van der Waals surface area contributed by atoms with Crippen LogP contribution in [0.1, 0.15) is 24.9 Å². The molecule has 1 rings (SSSR count). The number of hydrogen-bond donors (Lipinski definition) is 2. The fourth-order valence-electron chi connectivity index (χ4n) is 1.70. The lowest BCUT2D eigenvalue weighted by Gasteiger charge is -2.17. The van der Waals surface area contributed by atoms with Crippen LogP contribution in [0.5, 0.6) is 5.75 Å². The molecule has 0 saturated carbocycles. The Morgan fingerprint density at radius 1 is 1.47 bits per heavy atom. The van der Waals surface area contributed by atoms with Gasteiger partial charge in [0.2, 0.25) is 0 Å². The molecule has 1 unspecified atom stereocenters. The molecule has 0 aliphatic rings. The molecule has 1 aromatic carbocycles. The highest BCUT2D eigenvalue weighted by molar-refractivity contribution is 5.30. The van der Waals surface area contributed by atoms with Gasteiger partial charge in [0, 0.05) is 12.6 Å². The van der Waals surface area contributed by atoms with Crippen molar-refractivity contribution in [1.82, 2.24) is 5.32 Å². The highest BCUT2D eigenvalue weighted by atomic mass is 16.5. The van der Waals surface area contributed by atoms with Crippen LogP contribution >= 0.6 is 0 Å². The van der Waals surface area contributed by atoms with Gasteiger partial charge >= 0.3 is 0 Å². The van der Waals surface area contributed by atoms with E-state index in [1.54, 1.807) is 7.11 Å². The molecule has 0 saturated heterocycles. The minimum Gasteiger partial charge on any atom is -0.497 e. The normalized spacial score (nSPS) is 12.9. The van der Waals surface area contributed by atoms with Gasteiger partial charge in [-0.2, -0.15) is 0 Å². The van der Waals surface area contributed by atoms with Gasteiger partial charge in [-0.1, -0.05) is 24.3 Å². The van der Waals surface area contributed by atoms with Crippen molar-refractivity contribution in [1.29, 1.82) is 0 Å². The largest absolute Gasteiger partial charge is 0.497 e. The molecule has 0 heterocycles. The highest BCUT2D eigenvalue weighted by Gasteiger charge is 2.08. The van der Waals surface area contributed by atoms with Crippen LogP contribution in [-0.2, 0) is 0 Å². The summed E-state index contributed by atoms with van der Waals surface area (Å²) in [4.78, 5) is 0.